The minimum atomic E-state index is 0.0193. The maximum absolute atomic E-state index is 12.2. The number of nitrogens with one attached hydrogen (secondary N) is 1. The molecule has 4 aromatic rings. The third-order valence-corrected chi connectivity index (χ3v) is 6.41. The molecule has 2 N–H and O–H groups in total. The highest BCUT2D eigenvalue weighted by atomic mass is 16.5. The van der Waals surface area contributed by atoms with Crippen LogP contribution in [-0.4, -0.2) is 29.1 Å². The van der Waals surface area contributed by atoms with Gasteiger partial charge in [-0.3, -0.25) is 10.2 Å². The van der Waals surface area contributed by atoms with E-state index in [-0.39, 0.29) is 11.7 Å². The number of amides is 1. The minimum absolute atomic E-state index is 0.0193. The Morgan fingerprint density at radius 1 is 0.889 bits per heavy atom. The number of carbonyl (C=O) groups excluding carboxylic acids is 1. The summed E-state index contributed by atoms with van der Waals surface area (Å²) in [5, 5.41) is 13.8. The van der Waals surface area contributed by atoms with Gasteiger partial charge in [-0.25, -0.2) is 5.01 Å². The van der Waals surface area contributed by atoms with Gasteiger partial charge >= 0.3 is 0 Å². The summed E-state index contributed by atoms with van der Waals surface area (Å²) in [6, 6.07) is 27.3. The van der Waals surface area contributed by atoms with E-state index in [0.29, 0.717) is 6.42 Å². The second-order valence-electron chi connectivity index (χ2n) is 9.07. The van der Waals surface area contributed by atoms with Crippen molar-refractivity contribution in [3.05, 3.63) is 96.6 Å². The number of hydrogen-bond donors (Lipinski definition) is 2. The van der Waals surface area contributed by atoms with E-state index < -0.39 is 0 Å². The first-order valence-corrected chi connectivity index (χ1v) is 12.5. The molecule has 1 amide bonds. The summed E-state index contributed by atoms with van der Waals surface area (Å²) < 4.78 is 6.43. The quantitative estimate of drug-likeness (QED) is 0.302. The Hall–Kier alpha value is -4.09. The van der Waals surface area contributed by atoms with Gasteiger partial charge in [-0.1, -0.05) is 73.2 Å². The molecule has 36 heavy (non-hydrogen) atoms. The van der Waals surface area contributed by atoms with Gasteiger partial charge in [0.1, 0.15) is 17.2 Å². The number of nitrogens with zero attached hydrogens (tertiary/aromatic N) is 1. The van der Waals surface area contributed by atoms with Crippen molar-refractivity contribution in [3.8, 4) is 28.4 Å². The first-order valence-electron chi connectivity index (χ1n) is 12.5. The fourth-order valence-corrected chi connectivity index (χ4v) is 4.52. The minimum Gasteiger partial charge on any atom is -0.508 e. The van der Waals surface area contributed by atoms with E-state index in [1.807, 2.05) is 65.7 Å². The summed E-state index contributed by atoms with van der Waals surface area (Å²) in [6.45, 7) is 1.87. The zero-order valence-electron chi connectivity index (χ0n) is 20.2. The number of piperidine rings is 1. The topological polar surface area (TPSA) is 61.8 Å². The van der Waals surface area contributed by atoms with Gasteiger partial charge in [0.2, 0.25) is 5.91 Å². The predicted molar refractivity (Wildman–Crippen MR) is 145 cm³/mol. The number of benzene rings is 4. The zero-order valence-corrected chi connectivity index (χ0v) is 20.2. The highest BCUT2D eigenvalue weighted by molar-refractivity contribution is 5.95. The first-order chi connectivity index (χ1) is 17.7. The molecule has 0 bridgehead atoms. The Labute approximate surface area is 211 Å². The lowest BCUT2D eigenvalue weighted by molar-refractivity contribution is -0.125. The molecule has 5 rings (SSSR count). The highest BCUT2D eigenvalue weighted by Crippen LogP contribution is 2.40. The Kier molecular flexibility index (Phi) is 7.29. The van der Waals surface area contributed by atoms with Crippen LogP contribution in [0.4, 0.5) is 0 Å². The second-order valence-corrected chi connectivity index (χ2v) is 9.07. The predicted octanol–water partition coefficient (Wildman–Crippen LogP) is 6.93. The normalized spacial score (nSPS) is 14.2. The van der Waals surface area contributed by atoms with Crippen LogP contribution < -0.4 is 10.2 Å². The fraction of sp³-hybridized carbons (Fsp3) is 0.194. The van der Waals surface area contributed by atoms with Gasteiger partial charge in [0, 0.05) is 30.5 Å². The van der Waals surface area contributed by atoms with Crippen LogP contribution in [0.2, 0.25) is 0 Å². The van der Waals surface area contributed by atoms with E-state index in [1.54, 1.807) is 12.1 Å². The van der Waals surface area contributed by atoms with Crippen LogP contribution in [0, 0.1) is 0 Å². The van der Waals surface area contributed by atoms with Crippen molar-refractivity contribution in [2.24, 2.45) is 0 Å². The number of ether oxygens (including phenoxy) is 1. The van der Waals surface area contributed by atoms with Crippen LogP contribution in [0.3, 0.4) is 0 Å². The molecule has 4 aromatic carbocycles. The van der Waals surface area contributed by atoms with Crippen molar-refractivity contribution >= 4 is 22.8 Å². The smallest absolute Gasteiger partial charge is 0.238 e. The number of hydrazine groups is 1. The molecule has 0 aromatic heterocycles. The lowest BCUT2D eigenvalue weighted by atomic mass is 9.99. The molecule has 0 unspecified atom stereocenters. The van der Waals surface area contributed by atoms with E-state index in [1.165, 1.54) is 6.42 Å². The third kappa shape index (κ3) is 5.75. The van der Waals surface area contributed by atoms with E-state index in [2.05, 4.69) is 29.7 Å². The molecule has 1 heterocycles. The van der Waals surface area contributed by atoms with Gasteiger partial charge in [0.15, 0.2) is 0 Å². The third-order valence-electron chi connectivity index (χ3n) is 6.41. The van der Waals surface area contributed by atoms with Crippen LogP contribution >= 0.6 is 0 Å². The Morgan fingerprint density at radius 3 is 2.42 bits per heavy atom. The monoisotopic (exact) mass is 478 g/mol. The van der Waals surface area contributed by atoms with E-state index in [9.17, 15) is 9.90 Å². The number of phenols is 1. The molecule has 5 heteroatoms. The molecule has 1 aliphatic rings. The summed E-state index contributed by atoms with van der Waals surface area (Å²) in [4.78, 5) is 12.2. The average molecular weight is 479 g/mol. The standard InChI is InChI=1S/C31H30N2O3/c34-26-16-13-25(14-17-26)29-20-15-24-8-2-3-9-28(24)31(29)36-27-18-11-23(12-19-27)7-6-10-30(35)32-33-21-4-1-5-22-33/h2-3,6-9,11-20,34H,1,4-5,10,21-22H2,(H,32,35). The Morgan fingerprint density at radius 2 is 1.64 bits per heavy atom. The summed E-state index contributed by atoms with van der Waals surface area (Å²) >= 11 is 0. The van der Waals surface area contributed by atoms with Crippen molar-refractivity contribution in [1.82, 2.24) is 10.4 Å². The SMILES string of the molecule is O=C(CC=Cc1ccc(Oc2c(-c3ccc(O)cc3)ccc3ccccc23)cc1)NN1CCCCC1. The van der Waals surface area contributed by atoms with Crippen LogP contribution in [0.1, 0.15) is 31.2 Å². The van der Waals surface area contributed by atoms with Gasteiger partial charge in [-0.2, -0.15) is 0 Å². The molecule has 0 atom stereocenters. The summed E-state index contributed by atoms with van der Waals surface area (Å²) in [5.74, 6) is 1.75. The van der Waals surface area contributed by atoms with Crippen molar-refractivity contribution in [3.63, 3.8) is 0 Å². The molecule has 0 saturated carbocycles. The van der Waals surface area contributed by atoms with Gasteiger partial charge in [0.25, 0.3) is 0 Å². The van der Waals surface area contributed by atoms with Crippen molar-refractivity contribution in [1.29, 1.82) is 0 Å². The van der Waals surface area contributed by atoms with E-state index in [0.717, 1.165) is 64.9 Å². The summed E-state index contributed by atoms with van der Waals surface area (Å²) in [5.41, 5.74) is 5.92. The molecule has 0 radical (unpaired) electrons. The Bertz CT molecular complexity index is 1360. The molecule has 0 aliphatic carbocycles. The molecule has 182 valence electrons. The van der Waals surface area contributed by atoms with E-state index >= 15 is 0 Å². The van der Waals surface area contributed by atoms with Crippen LogP contribution in [0.5, 0.6) is 17.2 Å². The number of carbonyl (C=O) groups is 1. The van der Waals surface area contributed by atoms with Crippen molar-refractivity contribution < 1.29 is 14.6 Å². The highest BCUT2D eigenvalue weighted by Gasteiger charge is 2.13. The molecule has 1 saturated heterocycles. The lowest BCUT2D eigenvalue weighted by Gasteiger charge is -2.26. The molecule has 1 fully saturated rings. The maximum Gasteiger partial charge on any atom is 0.238 e. The van der Waals surface area contributed by atoms with Crippen LogP contribution in [0.15, 0.2) is 91.0 Å². The summed E-state index contributed by atoms with van der Waals surface area (Å²) in [6.07, 6.45) is 7.72. The van der Waals surface area contributed by atoms with Crippen LogP contribution in [0.25, 0.3) is 28.0 Å². The maximum atomic E-state index is 12.2. The number of phenolic OH excluding ortho intramolecular Hbond substituents is 1. The zero-order chi connectivity index (χ0) is 24.7. The molecule has 0 spiro atoms. The van der Waals surface area contributed by atoms with Gasteiger partial charge in [-0.15, -0.1) is 0 Å². The van der Waals surface area contributed by atoms with E-state index in [4.69, 9.17) is 4.74 Å². The summed E-state index contributed by atoms with van der Waals surface area (Å²) in [7, 11) is 0. The number of fused-ring (bicyclic) bond motifs is 1. The average Bonchev–Trinajstić information content (AvgIpc) is 2.91. The number of hydrogen-bond acceptors (Lipinski definition) is 4. The van der Waals surface area contributed by atoms with Crippen molar-refractivity contribution in [2.75, 3.05) is 13.1 Å². The van der Waals surface area contributed by atoms with Gasteiger partial charge < -0.3 is 9.84 Å². The Balaban J connectivity index is 1.30. The molecule has 5 nitrogen and oxygen atoms in total. The fourth-order valence-electron chi connectivity index (χ4n) is 4.52. The van der Waals surface area contributed by atoms with Crippen molar-refractivity contribution in [2.45, 2.75) is 25.7 Å². The lowest BCUT2D eigenvalue weighted by Crippen LogP contribution is -2.44. The molecular weight excluding hydrogens is 448 g/mol. The number of rotatable bonds is 7. The second kappa shape index (κ2) is 11.1. The molecular formula is C31H30N2O3. The first kappa shape index (κ1) is 23.6. The number of aromatic hydroxyl groups is 1. The van der Waals surface area contributed by atoms with Gasteiger partial charge in [-0.05, 0) is 59.7 Å². The molecule has 1 aliphatic heterocycles. The van der Waals surface area contributed by atoms with Crippen LogP contribution in [-0.2, 0) is 4.79 Å². The van der Waals surface area contributed by atoms with Gasteiger partial charge in [0.05, 0.1) is 0 Å². The largest absolute Gasteiger partial charge is 0.508 e.